The minimum Gasteiger partial charge on any atom is -0.290 e. The molecule has 0 aromatic heterocycles. The average molecular weight is 192 g/mol. The minimum absolute atomic E-state index is 0.0608. The van der Waals surface area contributed by atoms with Gasteiger partial charge < -0.3 is 0 Å². The molecule has 1 nitrogen and oxygen atoms in total. The largest absolute Gasteiger partial charge is 0.290 e. The Kier molecular flexibility index (Phi) is 2.47. The number of ketones is 1. The molecule has 0 heterocycles. The molecule has 0 fully saturated rings. The van der Waals surface area contributed by atoms with Crippen LogP contribution >= 0.6 is 0 Å². The predicted molar refractivity (Wildman–Crippen MR) is 60.1 cm³/mol. The van der Waals surface area contributed by atoms with Crippen molar-refractivity contribution in [2.45, 2.75) is 41.5 Å². The zero-order valence-electron chi connectivity index (χ0n) is 10.1. The molecule has 0 amide bonds. The van der Waals surface area contributed by atoms with Crippen molar-refractivity contribution in [3.63, 3.8) is 0 Å². The van der Waals surface area contributed by atoms with Crippen molar-refractivity contribution in [3.05, 3.63) is 23.3 Å². The Hall–Kier alpha value is -0.850. The highest BCUT2D eigenvalue weighted by molar-refractivity contribution is 6.04. The van der Waals surface area contributed by atoms with Gasteiger partial charge in [-0.25, -0.2) is 0 Å². The molecule has 0 aliphatic heterocycles. The third kappa shape index (κ3) is 2.14. The SMILES string of the molecule is CC(C)(C)C1=CC(=O)C=C1C(C)(C)C. The number of carbonyl (C=O) groups is 1. The number of hydrogen-bond donors (Lipinski definition) is 0. The third-order valence-electron chi connectivity index (χ3n) is 2.48. The van der Waals surface area contributed by atoms with Crippen LogP contribution in [0.25, 0.3) is 0 Å². The molecule has 0 saturated carbocycles. The monoisotopic (exact) mass is 192 g/mol. The average Bonchev–Trinajstić information content (AvgIpc) is 2.27. The van der Waals surface area contributed by atoms with E-state index in [1.807, 2.05) is 0 Å². The molecule has 0 aromatic carbocycles. The van der Waals surface area contributed by atoms with Crippen LogP contribution in [0.2, 0.25) is 0 Å². The molecule has 1 aliphatic rings. The van der Waals surface area contributed by atoms with Crippen molar-refractivity contribution in [2.24, 2.45) is 10.8 Å². The molecule has 0 atom stereocenters. The van der Waals surface area contributed by atoms with Crippen LogP contribution in [0.3, 0.4) is 0 Å². The number of rotatable bonds is 0. The highest BCUT2D eigenvalue weighted by Crippen LogP contribution is 2.42. The molecule has 0 N–H and O–H groups in total. The molecule has 1 rings (SSSR count). The molecular weight excluding hydrogens is 172 g/mol. The van der Waals surface area contributed by atoms with Crippen LogP contribution in [0.5, 0.6) is 0 Å². The Morgan fingerprint density at radius 2 is 1.07 bits per heavy atom. The van der Waals surface area contributed by atoms with E-state index in [1.165, 1.54) is 11.1 Å². The Balaban J connectivity index is 3.17. The smallest absolute Gasteiger partial charge is 0.179 e. The molecule has 14 heavy (non-hydrogen) atoms. The van der Waals surface area contributed by atoms with Gasteiger partial charge in [-0.3, -0.25) is 4.79 Å². The van der Waals surface area contributed by atoms with Gasteiger partial charge in [0.2, 0.25) is 0 Å². The summed E-state index contributed by atoms with van der Waals surface area (Å²) in [5, 5.41) is 0. The van der Waals surface area contributed by atoms with Crippen molar-refractivity contribution in [1.82, 2.24) is 0 Å². The fraction of sp³-hybridized carbons (Fsp3) is 0.615. The summed E-state index contributed by atoms with van der Waals surface area (Å²) >= 11 is 0. The van der Waals surface area contributed by atoms with Gasteiger partial charge in [-0.2, -0.15) is 0 Å². The first kappa shape index (κ1) is 11.2. The van der Waals surface area contributed by atoms with Crippen LogP contribution in [-0.2, 0) is 4.79 Å². The van der Waals surface area contributed by atoms with Gasteiger partial charge in [-0.1, -0.05) is 41.5 Å². The van der Waals surface area contributed by atoms with E-state index in [2.05, 4.69) is 41.5 Å². The first-order chi connectivity index (χ1) is 6.12. The molecule has 0 bridgehead atoms. The lowest BCUT2D eigenvalue weighted by Crippen LogP contribution is -2.18. The van der Waals surface area contributed by atoms with Gasteiger partial charge >= 0.3 is 0 Å². The molecule has 0 aromatic rings. The molecule has 1 heteroatoms. The third-order valence-corrected chi connectivity index (χ3v) is 2.48. The summed E-state index contributed by atoms with van der Waals surface area (Å²) in [5.74, 6) is 0.139. The molecular formula is C13H20O. The highest BCUT2D eigenvalue weighted by Gasteiger charge is 2.31. The second kappa shape index (κ2) is 3.08. The first-order valence-electron chi connectivity index (χ1n) is 5.11. The van der Waals surface area contributed by atoms with E-state index in [0.717, 1.165) is 0 Å². The van der Waals surface area contributed by atoms with Crippen molar-refractivity contribution in [3.8, 4) is 0 Å². The topological polar surface area (TPSA) is 17.1 Å². The van der Waals surface area contributed by atoms with E-state index in [-0.39, 0.29) is 16.6 Å². The minimum atomic E-state index is 0.0608. The van der Waals surface area contributed by atoms with Gasteiger partial charge in [0.05, 0.1) is 0 Å². The van der Waals surface area contributed by atoms with Crippen LogP contribution in [0, 0.1) is 10.8 Å². The van der Waals surface area contributed by atoms with E-state index in [0.29, 0.717) is 0 Å². The van der Waals surface area contributed by atoms with Gasteiger partial charge in [0.25, 0.3) is 0 Å². The second-order valence-electron chi connectivity index (χ2n) is 6.02. The zero-order chi connectivity index (χ0) is 11.1. The summed E-state index contributed by atoms with van der Waals surface area (Å²) in [4.78, 5) is 11.4. The van der Waals surface area contributed by atoms with Crippen molar-refractivity contribution < 1.29 is 4.79 Å². The van der Waals surface area contributed by atoms with Crippen LogP contribution in [-0.4, -0.2) is 5.78 Å². The second-order valence-corrected chi connectivity index (χ2v) is 6.02. The standard InChI is InChI=1S/C13H20O/c1-12(2,3)10-7-9(14)8-11(10)13(4,5)6/h7-8H,1-6H3. The molecule has 0 spiro atoms. The molecule has 0 saturated heterocycles. The number of carbonyl (C=O) groups excluding carboxylic acids is 1. The lowest BCUT2D eigenvalue weighted by Gasteiger charge is -2.30. The normalized spacial score (nSPS) is 18.3. The Bertz CT molecular complexity index is 284. The summed E-state index contributed by atoms with van der Waals surface area (Å²) in [7, 11) is 0. The van der Waals surface area contributed by atoms with Gasteiger partial charge in [0, 0.05) is 0 Å². The zero-order valence-corrected chi connectivity index (χ0v) is 10.1. The number of hydrogen-bond acceptors (Lipinski definition) is 1. The fourth-order valence-corrected chi connectivity index (χ4v) is 1.72. The van der Waals surface area contributed by atoms with E-state index in [9.17, 15) is 4.79 Å². The van der Waals surface area contributed by atoms with Crippen LogP contribution in [0.1, 0.15) is 41.5 Å². The quantitative estimate of drug-likeness (QED) is 0.574. The molecule has 0 unspecified atom stereocenters. The van der Waals surface area contributed by atoms with Crippen molar-refractivity contribution >= 4 is 5.78 Å². The number of allylic oxidation sites excluding steroid dienone is 4. The first-order valence-corrected chi connectivity index (χ1v) is 5.11. The van der Waals surface area contributed by atoms with Gasteiger partial charge in [0.1, 0.15) is 0 Å². The summed E-state index contributed by atoms with van der Waals surface area (Å²) in [6.45, 7) is 12.9. The van der Waals surface area contributed by atoms with E-state index in [4.69, 9.17) is 0 Å². The van der Waals surface area contributed by atoms with E-state index in [1.54, 1.807) is 12.2 Å². The maximum Gasteiger partial charge on any atom is 0.179 e. The van der Waals surface area contributed by atoms with Gasteiger partial charge in [0.15, 0.2) is 5.78 Å². The van der Waals surface area contributed by atoms with Crippen LogP contribution in [0.4, 0.5) is 0 Å². The van der Waals surface area contributed by atoms with Crippen LogP contribution in [0.15, 0.2) is 23.3 Å². The summed E-state index contributed by atoms with van der Waals surface area (Å²) in [6, 6.07) is 0. The lowest BCUT2D eigenvalue weighted by atomic mass is 9.74. The Labute approximate surface area is 86.9 Å². The maximum absolute atomic E-state index is 11.4. The molecule has 78 valence electrons. The van der Waals surface area contributed by atoms with Crippen LogP contribution < -0.4 is 0 Å². The van der Waals surface area contributed by atoms with Crippen molar-refractivity contribution in [1.29, 1.82) is 0 Å². The highest BCUT2D eigenvalue weighted by atomic mass is 16.1. The summed E-state index contributed by atoms with van der Waals surface area (Å²) < 4.78 is 0. The van der Waals surface area contributed by atoms with E-state index < -0.39 is 0 Å². The summed E-state index contributed by atoms with van der Waals surface area (Å²) in [6.07, 6.45) is 3.56. The van der Waals surface area contributed by atoms with Gasteiger partial charge in [-0.05, 0) is 34.1 Å². The Morgan fingerprint density at radius 1 is 0.786 bits per heavy atom. The fourth-order valence-electron chi connectivity index (χ4n) is 1.72. The molecule has 1 aliphatic carbocycles. The lowest BCUT2D eigenvalue weighted by molar-refractivity contribution is -0.110. The Morgan fingerprint density at radius 3 is 1.29 bits per heavy atom. The maximum atomic E-state index is 11.4. The molecule has 0 radical (unpaired) electrons. The van der Waals surface area contributed by atoms with Crippen molar-refractivity contribution in [2.75, 3.05) is 0 Å². The van der Waals surface area contributed by atoms with Gasteiger partial charge in [-0.15, -0.1) is 0 Å². The predicted octanol–water partition coefficient (Wildman–Crippen LogP) is 3.51. The van der Waals surface area contributed by atoms with E-state index >= 15 is 0 Å². The summed E-state index contributed by atoms with van der Waals surface area (Å²) in [5.41, 5.74) is 2.50.